The van der Waals surface area contributed by atoms with Gasteiger partial charge in [-0.05, 0) is 25.7 Å². The molecule has 2 heterocycles. The molecule has 5 heteroatoms. The molecule has 92 valence electrons. The lowest BCUT2D eigenvalue weighted by Gasteiger charge is -2.19. The summed E-state index contributed by atoms with van der Waals surface area (Å²) in [5, 5.41) is 11.1. The predicted molar refractivity (Wildman–Crippen MR) is 60.2 cm³/mol. The third-order valence-electron chi connectivity index (χ3n) is 3.69. The fraction of sp³-hybridized carbons (Fsp3) is 0.750. The molecule has 17 heavy (non-hydrogen) atoms. The number of nitrogens with one attached hydrogen (secondary N) is 1. The number of hydrogen-bond acceptors (Lipinski definition) is 4. The number of nitrogens with zero attached hydrogens (tertiary/aromatic N) is 2. The summed E-state index contributed by atoms with van der Waals surface area (Å²) < 4.78 is 5.72. The molecule has 1 amide bonds. The minimum Gasteiger partial charge on any atom is -0.423 e. The van der Waals surface area contributed by atoms with Crippen molar-refractivity contribution in [3.8, 4) is 0 Å². The van der Waals surface area contributed by atoms with Crippen LogP contribution in [0, 0.1) is 0 Å². The number of amides is 1. The van der Waals surface area contributed by atoms with E-state index in [1.54, 1.807) is 0 Å². The largest absolute Gasteiger partial charge is 0.423 e. The van der Waals surface area contributed by atoms with Gasteiger partial charge in [-0.25, -0.2) is 0 Å². The van der Waals surface area contributed by atoms with Gasteiger partial charge < -0.3 is 9.73 Å². The Labute approximate surface area is 100.0 Å². The van der Waals surface area contributed by atoms with Crippen molar-refractivity contribution in [1.29, 1.82) is 0 Å². The molecule has 1 aliphatic carbocycles. The van der Waals surface area contributed by atoms with Crippen LogP contribution in [-0.4, -0.2) is 16.1 Å². The Kier molecular flexibility index (Phi) is 2.82. The van der Waals surface area contributed by atoms with Crippen LogP contribution in [0.3, 0.4) is 0 Å². The summed E-state index contributed by atoms with van der Waals surface area (Å²) in [6.07, 6.45) is 7.22. The van der Waals surface area contributed by atoms with Crippen LogP contribution in [0.4, 0.5) is 0 Å². The van der Waals surface area contributed by atoms with Gasteiger partial charge in [0, 0.05) is 12.3 Å². The summed E-state index contributed by atoms with van der Waals surface area (Å²) in [7, 11) is 0. The molecule has 0 bridgehead atoms. The number of aromatic nitrogens is 2. The fourth-order valence-electron chi connectivity index (χ4n) is 2.72. The predicted octanol–water partition coefficient (Wildman–Crippen LogP) is 2.07. The Hall–Kier alpha value is -1.39. The smallest absolute Gasteiger partial charge is 0.238 e. The fourth-order valence-corrected chi connectivity index (χ4v) is 2.72. The minimum atomic E-state index is -0.0705. The number of rotatable bonds is 2. The summed E-state index contributed by atoms with van der Waals surface area (Å²) in [5.74, 6) is 1.87. The second kappa shape index (κ2) is 4.47. The summed E-state index contributed by atoms with van der Waals surface area (Å²) in [4.78, 5) is 11.3. The molecule has 1 N–H and O–H groups in total. The van der Waals surface area contributed by atoms with Crippen LogP contribution in [0.2, 0.25) is 0 Å². The van der Waals surface area contributed by atoms with E-state index >= 15 is 0 Å². The Balaban J connectivity index is 1.72. The van der Waals surface area contributed by atoms with Crippen molar-refractivity contribution >= 4 is 5.91 Å². The van der Waals surface area contributed by atoms with Gasteiger partial charge in [0.2, 0.25) is 17.7 Å². The van der Waals surface area contributed by atoms with E-state index in [4.69, 9.17) is 4.42 Å². The molecule has 0 unspecified atom stereocenters. The van der Waals surface area contributed by atoms with E-state index in [0.29, 0.717) is 18.2 Å². The van der Waals surface area contributed by atoms with Gasteiger partial charge in [-0.3, -0.25) is 4.79 Å². The summed E-state index contributed by atoms with van der Waals surface area (Å²) in [6, 6.07) is -0.0705. The van der Waals surface area contributed by atoms with E-state index in [1.807, 2.05) is 0 Å². The summed E-state index contributed by atoms with van der Waals surface area (Å²) >= 11 is 0. The normalized spacial score (nSPS) is 26.1. The minimum absolute atomic E-state index is 0.0705. The molecule has 1 aliphatic heterocycles. The van der Waals surface area contributed by atoms with E-state index in [0.717, 1.165) is 31.6 Å². The number of carbonyl (C=O) groups is 1. The molecule has 3 rings (SSSR count). The highest BCUT2D eigenvalue weighted by atomic mass is 16.4. The lowest BCUT2D eigenvalue weighted by molar-refractivity contribution is -0.123. The molecule has 0 aromatic carbocycles. The second-order valence-corrected chi connectivity index (χ2v) is 4.97. The van der Waals surface area contributed by atoms with E-state index < -0.39 is 0 Å². The van der Waals surface area contributed by atoms with Gasteiger partial charge in [-0.2, -0.15) is 0 Å². The third kappa shape index (κ3) is 2.18. The quantitative estimate of drug-likeness (QED) is 0.852. The topological polar surface area (TPSA) is 68.0 Å². The average molecular weight is 235 g/mol. The highest BCUT2D eigenvalue weighted by Gasteiger charge is 2.27. The van der Waals surface area contributed by atoms with Crippen molar-refractivity contribution in [2.45, 2.75) is 56.9 Å². The molecule has 2 fully saturated rings. The maximum atomic E-state index is 11.3. The number of piperidine rings is 1. The lowest BCUT2D eigenvalue weighted by atomic mass is 10.0. The van der Waals surface area contributed by atoms with Crippen LogP contribution >= 0.6 is 0 Å². The van der Waals surface area contributed by atoms with Crippen molar-refractivity contribution < 1.29 is 9.21 Å². The van der Waals surface area contributed by atoms with Gasteiger partial charge in [-0.1, -0.05) is 12.8 Å². The van der Waals surface area contributed by atoms with Crippen molar-refractivity contribution in [3.63, 3.8) is 0 Å². The molecule has 1 saturated carbocycles. The Bertz CT molecular complexity index is 410. The SMILES string of the molecule is O=C1CCC[C@H](c2nnc(C3CCCC3)o2)N1. The van der Waals surface area contributed by atoms with Gasteiger partial charge in [0.25, 0.3) is 0 Å². The first-order chi connectivity index (χ1) is 8.33. The first kappa shape index (κ1) is 10.7. The van der Waals surface area contributed by atoms with Crippen molar-refractivity contribution in [2.24, 2.45) is 0 Å². The monoisotopic (exact) mass is 235 g/mol. The molecule has 1 saturated heterocycles. The van der Waals surface area contributed by atoms with Crippen LogP contribution in [0.15, 0.2) is 4.42 Å². The molecule has 0 spiro atoms. The highest BCUT2D eigenvalue weighted by Crippen LogP contribution is 2.34. The maximum absolute atomic E-state index is 11.3. The average Bonchev–Trinajstić information content (AvgIpc) is 3.00. The van der Waals surface area contributed by atoms with Crippen molar-refractivity contribution in [2.75, 3.05) is 0 Å². The Morgan fingerprint density at radius 2 is 1.82 bits per heavy atom. The summed E-state index contributed by atoms with van der Waals surface area (Å²) in [6.45, 7) is 0. The molecule has 0 radical (unpaired) electrons. The second-order valence-electron chi connectivity index (χ2n) is 4.97. The first-order valence-electron chi connectivity index (χ1n) is 6.45. The van der Waals surface area contributed by atoms with Crippen molar-refractivity contribution in [1.82, 2.24) is 15.5 Å². The van der Waals surface area contributed by atoms with Gasteiger partial charge in [0.15, 0.2) is 0 Å². The molecule has 5 nitrogen and oxygen atoms in total. The summed E-state index contributed by atoms with van der Waals surface area (Å²) in [5.41, 5.74) is 0. The molecule has 2 aliphatic rings. The van der Waals surface area contributed by atoms with E-state index in [-0.39, 0.29) is 11.9 Å². The Morgan fingerprint density at radius 3 is 2.59 bits per heavy atom. The highest BCUT2D eigenvalue weighted by molar-refractivity contribution is 5.76. The zero-order valence-corrected chi connectivity index (χ0v) is 9.82. The van der Waals surface area contributed by atoms with Crippen LogP contribution in [0.25, 0.3) is 0 Å². The van der Waals surface area contributed by atoms with Gasteiger partial charge in [0.05, 0.1) is 0 Å². The van der Waals surface area contributed by atoms with Crippen LogP contribution < -0.4 is 5.32 Å². The molecular weight excluding hydrogens is 218 g/mol. The van der Waals surface area contributed by atoms with Gasteiger partial charge in [0.1, 0.15) is 6.04 Å². The molecule has 1 aromatic heterocycles. The third-order valence-corrected chi connectivity index (χ3v) is 3.69. The van der Waals surface area contributed by atoms with E-state index in [2.05, 4.69) is 15.5 Å². The molecular formula is C12H17N3O2. The Morgan fingerprint density at radius 1 is 1.06 bits per heavy atom. The van der Waals surface area contributed by atoms with E-state index in [9.17, 15) is 4.79 Å². The first-order valence-corrected chi connectivity index (χ1v) is 6.45. The number of hydrogen-bond donors (Lipinski definition) is 1. The molecule has 1 aromatic rings. The van der Waals surface area contributed by atoms with Crippen LogP contribution in [0.5, 0.6) is 0 Å². The maximum Gasteiger partial charge on any atom is 0.238 e. The zero-order valence-electron chi connectivity index (χ0n) is 9.82. The zero-order chi connectivity index (χ0) is 11.7. The lowest BCUT2D eigenvalue weighted by Crippen LogP contribution is -2.32. The van der Waals surface area contributed by atoms with Crippen molar-refractivity contribution in [3.05, 3.63) is 11.8 Å². The standard InChI is InChI=1S/C12H17N3O2/c16-10-7-3-6-9(13-10)12-15-14-11(17-12)8-4-1-2-5-8/h8-9H,1-7H2,(H,13,16)/t9-/m1/s1. The van der Waals surface area contributed by atoms with Gasteiger partial charge in [-0.15, -0.1) is 10.2 Å². The van der Waals surface area contributed by atoms with Gasteiger partial charge >= 0.3 is 0 Å². The van der Waals surface area contributed by atoms with Crippen LogP contribution in [-0.2, 0) is 4.79 Å². The molecule has 1 atom stereocenters. The van der Waals surface area contributed by atoms with Crippen LogP contribution in [0.1, 0.15) is 68.7 Å². The number of carbonyl (C=O) groups excluding carboxylic acids is 1. The van der Waals surface area contributed by atoms with E-state index in [1.165, 1.54) is 12.8 Å².